The van der Waals surface area contributed by atoms with Crippen LogP contribution in [-0.4, -0.2) is 29.3 Å². The van der Waals surface area contributed by atoms with Crippen LogP contribution >= 0.6 is 0 Å². The molecule has 3 aliphatic rings. The van der Waals surface area contributed by atoms with Gasteiger partial charge in [0.15, 0.2) is 0 Å². The van der Waals surface area contributed by atoms with Gasteiger partial charge in [-0.15, -0.1) is 0 Å². The van der Waals surface area contributed by atoms with Crippen LogP contribution in [0.15, 0.2) is 18.2 Å². The average Bonchev–Trinajstić information content (AvgIpc) is 3.23. The second-order valence-electron chi connectivity index (χ2n) is 6.86. The molecular weight excluding hydrogens is 267 g/mol. The second kappa shape index (κ2) is 5.25. The van der Waals surface area contributed by atoms with E-state index in [1.807, 2.05) is 12.1 Å². The Morgan fingerprint density at radius 2 is 1.86 bits per heavy atom. The van der Waals surface area contributed by atoms with Crippen molar-refractivity contribution in [1.82, 2.24) is 5.32 Å². The largest absolute Gasteiger partial charge is 0.393 e. The van der Waals surface area contributed by atoms with Crippen molar-refractivity contribution in [2.24, 2.45) is 0 Å². The van der Waals surface area contributed by atoms with Gasteiger partial charge in [-0.05, 0) is 56.2 Å². The van der Waals surface area contributed by atoms with E-state index in [9.17, 15) is 9.50 Å². The molecule has 2 saturated heterocycles. The summed E-state index contributed by atoms with van der Waals surface area (Å²) in [6.45, 7) is 0.757. The van der Waals surface area contributed by atoms with E-state index in [-0.39, 0.29) is 11.9 Å². The third-order valence-electron chi connectivity index (χ3n) is 5.17. The topological polar surface area (TPSA) is 35.5 Å². The Morgan fingerprint density at radius 1 is 1.14 bits per heavy atom. The predicted molar refractivity (Wildman–Crippen MR) is 80.8 cm³/mol. The number of piperidine rings is 1. The van der Waals surface area contributed by atoms with Crippen molar-refractivity contribution in [1.29, 1.82) is 0 Å². The Labute approximate surface area is 125 Å². The Morgan fingerprint density at radius 3 is 2.48 bits per heavy atom. The number of aliphatic hydroxyl groups is 1. The summed E-state index contributed by atoms with van der Waals surface area (Å²) in [5.41, 5.74) is 1.75. The molecule has 2 aliphatic heterocycles. The molecule has 21 heavy (non-hydrogen) atoms. The van der Waals surface area contributed by atoms with Gasteiger partial charge < -0.3 is 15.3 Å². The summed E-state index contributed by atoms with van der Waals surface area (Å²) in [5.74, 6) is -0.113. The number of fused-ring (bicyclic) bond motifs is 2. The van der Waals surface area contributed by atoms with Gasteiger partial charge in [-0.3, -0.25) is 0 Å². The molecule has 3 fully saturated rings. The molecule has 1 aromatic carbocycles. The van der Waals surface area contributed by atoms with Gasteiger partial charge in [0.25, 0.3) is 0 Å². The van der Waals surface area contributed by atoms with Crippen LogP contribution in [0.2, 0.25) is 0 Å². The second-order valence-corrected chi connectivity index (χ2v) is 6.86. The number of nitrogens with one attached hydrogen (secondary N) is 1. The SMILES string of the molecule is OC1CC2CCC(C1)N2c1ccc(CNC2CC2)cc1F. The van der Waals surface area contributed by atoms with Crippen molar-refractivity contribution in [2.45, 2.75) is 69.3 Å². The van der Waals surface area contributed by atoms with Gasteiger partial charge in [0.1, 0.15) is 5.82 Å². The summed E-state index contributed by atoms with van der Waals surface area (Å²) in [6.07, 6.45) is 6.00. The molecule has 2 unspecified atom stereocenters. The molecule has 1 aliphatic carbocycles. The lowest BCUT2D eigenvalue weighted by Gasteiger charge is -2.39. The molecular formula is C17H23FN2O. The number of hydrogen-bond donors (Lipinski definition) is 2. The van der Waals surface area contributed by atoms with Crippen LogP contribution in [0.1, 0.15) is 44.1 Å². The number of rotatable bonds is 4. The first-order valence-electron chi connectivity index (χ1n) is 8.19. The van der Waals surface area contributed by atoms with Crippen LogP contribution in [-0.2, 0) is 6.54 Å². The maximum atomic E-state index is 14.5. The number of halogens is 1. The van der Waals surface area contributed by atoms with E-state index < -0.39 is 0 Å². The lowest BCUT2D eigenvalue weighted by atomic mass is 9.98. The fourth-order valence-corrected chi connectivity index (χ4v) is 3.96. The number of anilines is 1. The highest BCUT2D eigenvalue weighted by molar-refractivity contribution is 5.53. The van der Waals surface area contributed by atoms with Gasteiger partial charge in [0, 0.05) is 24.7 Å². The number of hydrogen-bond acceptors (Lipinski definition) is 3. The standard InChI is InChI=1S/C17H23FN2O/c18-16-7-11(10-19-12-2-3-12)1-6-17(16)20-13-4-5-14(20)9-15(21)8-13/h1,6-7,12-15,19,21H,2-5,8-10H2. The molecule has 2 atom stereocenters. The molecule has 2 N–H and O–H groups in total. The Balaban J connectivity index is 1.52. The fraction of sp³-hybridized carbons (Fsp3) is 0.647. The molecule has 1 aromatic rings. The van der Waals surface area contributed by atoms with Gasteiger partial charge in [-0.1, -0.05) is 6.07 Å². The van der Waals surface area contributed by atoms with Gasteiger partial charge in [-0.2, -0.15) is 0 Å². The molecule has 4 heteroatoms. The third kappa shape index (κ3) is 2.67. The first kappa shape index (κ1) is 13.5. The minimum Gasteiger partial charge on any atom is -0.393 e. The molecule has 114 valence electrons. The quantitative estimate of drug-likeness (QED) is 0.894. The van der Waals surface area contributed by atoms with Crippen molar-refractivity contribution >= 4 is 5.69 Å². The van der Waals surface area contributed by atoms with Crippen molar-refractivity contribution in [3.05, 3.63) is 29.6 Å². The lowest BCUT2D eigenvalue weighted by Crippen LogP contribution is -2.45. The first-order valence-corrected chi connectivity index (χ1v) is 8.19. The number of benzene rings is 1. The van der Waals surface area contributed by atoms with Crippen LogP contribution < -0.4 is 10.2 Å². The van der Waals surface area contributed by atoms with Crippen LogP contribution in [0.25, 0.3) is 0 Å². The maximum Gasteiger partial charge on any atom is 0.146 e. The molecule has 2 heterocycles. The summed E-state index contributed by atoms with van der Waals surface area (Å²) in [5, 5.41) is 13.3. The predicted octanol–water partition coefficient (Wildman–Crippen LogP) is 2.57. The zero-order valence-corrected chi connectivity index (χ0v) is 12.3. The van der Waals surface area contributed by atoms with E-state index >= 15 is 0 Å². The van der Waals surface area contributed by atoms with Crippen molar-refractivity contribution in [2.75, 3.05) is 4.90 Å². The monoisotopic (exact) mass is 290 g/mol. The van der Waals surface area contributed by atoms with Crippen LogP contribution in [0.5, 0.6) is 0 Å². The Kier molecular flexibility index (Phi) is 3.38. The van der Waals surface area contributed by atoms with Crippen molar-refractivity contribution in [3.63, 3.8) is 0 Å². The molecule has 3 nitrogen and oxygen atoms in total. The zero-order valence-electron chi connectivity index (χ0n) is 12.3. The van der Waals surface area contributed by atoms with E-state index in [0.29, 0.717) is 18.1 Å². The first-order chi connectivity index (χ1) is 10.2. The minimum absolute atomic E-state index is 0.113. The minimum atomic E-state index is -0.205. The lowest BCUT2D eigenvalue weighted by molar-refractivity contribution is 0.126. The van der Waals surface area contributed by atoms with Crippen molar-refractivity contribution < 1.29 is 9.50 Å². The molecule has 2 bridgehead atoms. The van der Waals surface area contributed by atoms with E-state index in [2.05, 4.69) is 10.2 Å². The van der Waals surface area contributed by atoms with Crippen LogP contribution in [0, 0.1) is 5.82 Å². The molecule has 0 amide bonds. The average molecular weight is 290 g/mol. The smallest absolute Gasteiger partial charge is 0.146 e. The summed E-state index contributed by atoms with van der Waals surface area (Å²) >= 11 is 0. The van der Waals surface area contributed by atoms with E-state index in [1.165, 1.54) is 12.8 Å². The molecule has 0 spiro atoms. The highest BCUT2D eigenvalue weighted by Gasteiger charge is 2.41. The molecule has 0 radical (unpaired) electrons. The number of nitrogens with zero attached hydrogens (tertiary/aromatic N) is 1. The van der Waals surface area contributed by atoms with Gasteiger partial charge >= 0.3 is 0 Å². The summed E-state index contributed by atoms with van der Waals surface area (Å²) in [4.78, 5) is 2.22. The van der Waals surface area contributed by atoms with Gasteiger partial charge in [0.2, 0.25) is 0 Å². The summed E-state index contributed by atoms with van der Waals surface area (Å²) < 4.78 is 14.5. The third-order valence-corrected chi connectivity index (χ3v) is 5.17. The number of aliphatic hydroxyl groups excluding tert-OH is 1. The van der Waals surface area contributed by atoms with Crippen LogP contribution in [0.3, 0.4) is 0 Å². The zero-order chi connectivity index (χ0) is 14.4. The summed E-state index contributed by atoms with van der Waals surface area (Å²) in [7, 11) is 0. The van der Waals surface area contributed by atoms with Crippen molar-refractivity contribution in [3.8, 4) is 0 Å². The van der Waals surface area contributed by atoms with E-state index in [4.69, 9.17) is 0 Å². The summed E-state index contributed by atoms with van der Waals surface area (Å²) in [6, 6.07) is 6.91. The maximum absolute atomic E-state index is 14.5. The highest BCUT2D eigenvalue weighted by Crippen LogP contribution is 2.40. The molecule has 4 rings (SSSR count). The normalized spacial score (nSPS) is 31.7. The van der Waals surface area contributed by atoms with Gasteiger partial charge in [0.05, 0.1) is 11.8 Å². The highest BCUT2D eigenvalue weighted by atomic mass is 19.1. The van der Waals surface area contributed by atoms with E-state index in [1.54, 1.807) is 6.07 Å². The van der Waals surface area contributed by atoms with E-state index in [0.717, 1.165) is 43.5 Å². The van der Waals surface area contributed by atoms with Gasteiger partial charge in [-0.25, -0.2) is 4.39 Å². The Hall–Kier alpha value is -1.13. The molecule has 1 saturated carbocycles. The van der Waals surface area contributed by atoms with Crippen LogP contribution in [0.4, 0.5) is 10.1 Å². The Bertz CT molecular complexity index is 518. The fourth-order valence-electron chi connectivity index (χ4n) is 3.96. The molecule has 0 aromatic heterocycles.